The Morgan fingerprint density at radius 2 is 0.946 bits per heavy atom. The number of aliphatic carboxylic acids is 1. The van der Waals surface area contributed by atoms with Crippen LogP contribution in [0.4, 0.5) is 0 Å². The van der Waals surface area contributed by atoms with E-state index in [2.05, 4.69) is 42.7 Å². The summed E-state index contributed by atoms with van der Waals surface area (Å²) in [5.74, 6) is -2.39. The van der Waals surface area contributed by atoms with Gasteiger partial charge in [0.25, 0.3) is 0 Å². The van der Waals surface area contributed by atoms with Gasteiger partial charge in [0.15, 0.2) is 6.10 Å². The van der Waals surface area contributed by atoms with Gasteiger partial charge in [-0.25, -0.2) is 4.57 Å². The van der Waals surface area contributed by atoms with E-state index >= 15 is 0 Å². The number of phosphoric ester groups is 1. The fourth-order valence-corrected chi connectivity index (χ4v) is 6.93. The lowest BCUT2D eigenvalue weighted by atomic mass is 10.0. The molecule has 0 aliphatic rings. The molecular formula is C44H82NO10P. The lowest BCUT2D eigenvalue weighted by molar-refractivity contribution is -0.161. The Kier molecular flexibility index (Phi) is 38.3. The van der Waals surface area contributed by atoms with E-state index in [9.17, 15) is 23.8 Å². The van der Waals surface area contributed by atoms with Gasteiger partial charge in [-0.3, -0.25) is 23.4 Å². The molecule has 4 N–H and O–H groups in total. The number of esters is 2. The van der Waals surface area contributed by atoms with E-state index in [-0.39, 0.29) is 19.4 Å². The molecule has 0 saturated heterocycles. The molecule has 0 aromatic heterocycles. The molecule has 0 aliphatic heterocycles. The molecule has 56 heavy (non-hydrogen) atoms. The molecule has 0 aromatic carbocycles. The van der Waals surface area contributed by atoms with Crippen molar-refractivity contribution in [2.75, 3.05) is 19.8 Å². The van der Waals surface area contributed by atoms with Crippen molar-refractivity contribution in [2.45, 2.75) is 219 Å². The Morgan fingerprint density at radius 3 is 1.43 bits per heavy atom. The van der Waals surface area contributed by atoms with Crippen molar-refractivity contribution in [2.24, 2.45) is 5.73 Å². The van der Waals surface area contributed by atoms with Crippen molar-refractivity contribution in [3.05, 3.63) is 24.3 Å². The molecule has 1 unspecified atom stereocenters. The van der Waals surface area contributed by atoms with Gasteiger partial charge in [-0.05, 0) is 44.9 Å². The van der Waals surface area contributed by atoms with E-state index in [1.807, 2.05) is 0 Å². The lowest BCUT2D eigenvalue weighted by Gasteiger charge is -2.20. The van der Waals surface area contributed by atoms with E-state index < -0.39 is 51.1 Å². The summed E-state index contributed by atoms with van der Waals surface area (Å²) in [6.45, 7) is 2.78. The van der Waals surface area contributed by atoms with Crippen LogP contribution in [0.2, 0.25) is 0 Å². The van der Waals surface area contributed by atoms with Crippen molar-refractivity contribution in [1.29, 1.82) is 0 Å². The zero-order valence-corrected chi connectivity index (χ0v) is 36.4. The van der Waals surface area contributed by atoms with Gasteiger partial charge in [-0.15, -0.1) is 0 Å². The predicted molar refractivity (Wildman–Crippen MR) is 226 cm³/mol. The van der Waals surface area contributed by atoms with Crippen LogP contribution in [-0.2, 0) is 37.5 Å². The molecule has 0 aromatic rings. The highest BCUT2D eigenvalue weighted by Gasteiger charge is 2.28. The molecule has 3 atom stereocenters. The molecule has 12 heteroatoms. The Labute approximate surface area is 340 Å². The van der Waals surface area contributed by atoms with Crippen LogP contribution >= 0.6 is 7.82 Å². The van der Waals surface area contributed by atoms with Gasteiger partial charge in [-0.1, -0.05) is 173 Å². The average Bonchev–Trinajstić information content (AvgIpc) is 3.17. The van der Waals surface area contributed by atoms with Crippen molar-refractivity contribution in [3.8, 4) is 0 Å². The van der Waals surface area contributed by atoms with Gasteiger partial charge in [0.1, 0.15) is 12.6 Å². The van der Waals surface area contributed by atoms with Crippen molar-refractivity contribution in [3.63, 3.8) is 0 Å². The molecule has 0 spiro atoms. The summed E-state index contributed by atoms with van der Waals surface area (Å²) in [6.07, 6.45) is 40.9. The molecule has 0 bridgehead atoms. The smallest absolute Gasteiger partial charge is 0.472 e. The van der Waals surface area contributed by atoms with E-state index in [0.717, 1.165) is 64.2 Å². The van der Waals surface area contributed by atoms with Gasteiger partial charge in [0, 0.05) is 12.8 Å². The average molecular weight is 816 g/mol. The van der Waals surface area contributed by atoms with Gasteiger partial charge >= 0.3 is 25.7 Å². The highest BCUT2D eigenvalue weighted by molar-refractivity contribution is 7.47. The van der Waals surface area contributed by atoms with Gasteiger partial charge in [-0.2, -0.15) is 0 Å². The molecule has 0 fully saturated rings. The predicted octanol–water partition coefficient (Wildman–Crippen LogP) is 11.8. The van der Waals surface area contributed by atoms with Gasteiger partial charge in [0.05, 0.1) is 13.2 Å². The van der Waals surface area contributed by atoms with Crippen LogP contribution in [0.3, 0.4) is 0 Å². The summed E-state index contributed by atoms with van der Waals surface area (Å²) in [6, 6.07) is -1.52. The summed E-state index contributed by atoms with van der Waals surface area (Å²) in [5, 5.41) is 8.89. The molecule has 0 aliphatic carbocycles. The third-order valence-corrected chi connectivity index (χ3v) is 10.7. The van der Waals surface area contributed by atoms with E-state index in [1.54, 1.807) is 0 Å². The summed E-state index contributed by atoms with van der Waals surface area (Å²) in [5.41, 5.74) is 5.33. The van der Waals surface area contributed by atoms with Gasteiger partial charge < -0.3 is 25.2 Å². The molecule has 0 saturated carbocycles. The van der Waals surface area contributed by atoms with Crippen LogP contribution in [0.5, 0.6) is 0 Å². The molecule has 0 radical (unpaired) electrons. The van der Waals surface area contributed by atoms with E-state index in [4.69, 9.17) is 24.8 Å². The number of allylic oxidation sites excluding steroid dienone is 4. The zero-order valence-electron chi connectivity index (χ0n) is 35.5. The molecule has 11 nitrogen and oxygen atoms in total. The fourth-order valence-electron chi connectivity index (χ4n) is 6.15. The lowest BCUT2D eigenvalue weighted by Crippen LogP contribution is -2.34. The first-order valence-corrected chi connectivity index (χ1v) is 23.9. The molecule has 328 valence electrons. The molecule has 0 heterocycles. The SMILES string of the molecule is CCCCC/C=C\C/C=C\CCCCCCCC(=O)OC[C@H](COP(=O)(O)OC[C@H](N)C(=O)O)OC(=O)CCCCCCCCCCCCCCCCCCC. The second-order valence-corrected chi connectivity index (χ2v) is 16.6. The number of carbonyl (C=O) groups is 3. The Bertz CT molecular complexity index is 1050. The fraction of sp³-hybridized carbons (Fsp3) is 0.841. The van der Waals surface area contributed by atoms with Crippen LogP contribution in [0.1, 0.15) is 206 Å². The molecule has 0 rings (SSSR count). The Hall–Kier alpha value is -2.04. The minimum absolute atomic E-state index is 0.162. The number of nitrogens with two attached hydrogens (primary N) is 1. The van der Waals surface area contributed by atoms with E-state index in [1.165, 1.54) is 103 Å². The van der Waals surface area contributed by atoms with Crippen molar-refractivity contribution in [1.82, 2.24) is 0 Å². The Morgan fingerprint density at radius 1 is 0.554 bits per heavy atom. The number of rotatable bonds is 42. The maximum Gasteiger partial charge on any atom is 0.472 e. The van der Waals surface area contributed by atoms with Crippen LogP contribution < -0.4 is 5.73 Å². The first-order chi connectivity index (χ1) is 27.1. The number of ether oxygens (including phenoxy) is 2. The highest BCUT2D eigenvalue weighted by Crippen LogP contribution is 2.43. The van der Waals surface area contributed by atoms with Crippen molar-refractivity contribution >= 4 is 25.7 Å². The van der Waals surface area contributed by atoms with Crippen LogP contribution in [0, 0.1) is 0 Å². The number of unbranched alkanes of at least 4 members (excludes halogenated alkanes) is 24. The number of carboxylic acids is 1. The minimum Gasteiger partial charge on any atom is -0.480 e. The zero-order chi connectivity index (χ0) is 41.4. The largest absolute Gasteiger partial charge is 0.480 e. The Balaban J connectivity index is 4.34. The maximum absolute atomic E-state index is 12.6. The quantitative estimate of drug-likeness (QED) is 0.0232. The van der Waals surface area contributed by atoms with E-state index in [0.29, 0.717) is 12.8 Å². The number of hydrogen-bond donors (Lipinski definition) is 3. The maximum atomic E-state index is 12.6. The number of carboxylic acid groups (broad SMARTS) is 1. The van der Waals surface area contributed by atoms with Gasteiger partial charge in [0.2, 0.25) is 0 Å². The minimum atomic E-state index is -4.72. The van der Waals surface area contributed by atoms with Crippen LogP contribution in [-0.4, -0.2) is 59.9 Å². The third kappa shape index (κ3) is 38.8. The second kappa shape index (κ2) is 39.8. The summed E-state index contributed by atoms with van der Waals surface area (Å²) in [7, 11) is -4.72. The summed E-state index contributed by atoms with van der Waals surface area (Å²) in [4.78, 5) is 46.0. The topological polar surface area (TPSA) is 172 Å². The number of phosphoric acid groups is 1. The summed E-state index contributed by atoms with van der Waals surface area (Å²) >= 11 is 0. The second-order valence-electron chi connectivity index (χ2n) is 15.2. The van der Waals surface area contributed by atoms with Crippen LogP contribution in [0.15, 0.2) is 24.3 Å². The third-order valence-electron chi connectivity index (χ3n) is 9.70. The van der Waals surface area contributed by atoms with Crippen molar-refractivity contribution < 1.29 is 47.5 Å². The highest BCUT2D eigenvalue weighted by atomic mass is 31.2. The molecular weight excluding hydrogens is 733 g/mol. The standard InChI is InChI=1S/C44H82NO10P/c1-3-5-7-9-11-13-15-17-19-20-22-24-26-28-30-32-34-36-43(47)55-40(38-53-56(50,51)54-39-41(45)44(48)49)37-52-42(46)35-33-31-29-27-25-23-21-18-16-14-12-10-8-6-4-2/h12,14,18,21,40-41H,3-11,13,15-17,19-20,22-39,45H2,1-2H3,(H,48,49)(H,50,51)/b14-12-,21-18-/t40-,41+/m1/s1. The normalized spacial score (nSPS) is 13.9. The number of hydrogen-bond acceptors (Lipinski definition) is 9. The monoisotopic (exact) mass is 816 g/mol. The molecule has 0 amide bonds. The summed E-state index contributed by atoms with van der Waals surface area (Å²) < 4.78 is 32.7. The first kappa shape index (κ1) is 54.0. The van der Waals surface area contributed by atoms with Crippen LogP contribution in [0.25, 0.3) is 0 Å². The first-order valence-electron chi connectivity index (χ1n) is 22.4. The number of carbonyl (C=O) groups excluding carboxylic acids is 2.